The number of piperidine rings is 2. The predicted molar refractivity (Wildman–Crippen MR) is 147 cm³/mol. The summed E-state index contributed by atoms with van der Waals surface area (Å²) < 4.78 is 1.68. The first-order valence-electron chi connectivity index (χ1n) is 12.3. The SMILES string of the molecule is CC1CCCCN1C1CCN(c2cnc3c(C(N)=O)nn(C(C)c4ccc(Cl)cc4Cl)c3n2)CC1.Cl. The fraction of sp³-hybridized carbons (Fsp3) is 0.520. The number of likely N-dealkylation sites (tertiary alicyclic amines) is 1. The van der Waals surface area contributed by atoms with Crippen molar-refractivity contribution in [1.82, 2.24) is 24.6 Å². The highest BCUT2D eigenvalue weighted by molar-refractivity contribution is 6.35. The van der Waals surface area contributed by atoms with Crippen LogP contribution in [-0.2, 0) is 0 Å². The van der Waals surface area contributed by atoms with Gasteiger partial charge in [0.05, 0.1) is 12.2 Å². The summed E-state index contributed by atoms with van der Waals surface area (Å²) in [5.74, 6) is 0.149. The number of hydrogen-bond donors (Lipinski definition) is 1. The van der Waals surface area contributed by atoms with Crippen molar-refractivity contribution in [1.29, 1.82) is 0 Å². The maximum Gasteiger partial charge on any atom is 0.271 e. The summed E-state index contributed by atoms with van der Waals surface area (Å²) in [4.78, 5) is 26.6. The van der Waals surface area contributed by atoms with Crippen LogP contribution in [0.3, 0.4) is 0 Å². The average Bonchev–Trinajstić information content (AvgIpc) is 3.23. The summed E-state index contributed by atoms with van der Waals surface area (Å²) in [6, 6.07) is 6.32. The number of rotatable bonds is 5. The van der Waals surface area contributed by atoms with Gasteiger partial charge in [0.25, 0.3) is 5.91 Å². The Balaban J connectivity index is 0.00000304. The van der Waals surface area contributed by atoms with Gasteiger partial charge in [-0.15, -0.1) is 12.4 Å². The van der Waals surface area contributed by atoms with Crippen LogP contribution in [0.15, 0.2) is 24.4 Å². The minimum atomic E-state index is -0.637. The molecule has 8 nitrogen and oxygen atoms in total. The number of fused-ring (bicyclic) bond motifs is 1. The predicted octanol–water partition coefficient (Wildman–Crippen LogP) is 5.11. The van der Waals surface area contributed by atoms with Crippen molar-refractivity contribution in [3.8, 4) is 0 Å². The van der Waals surface area contributed by atoms with E-state index in [1.54, 1.807) is 23.0 Å². The van der Waals surface area contributed by atoms with Crippen LogP contribution in [0.2, 0.25) is 10.0 Å². The molecule has 0 aliphatic carbocycles. The lowest BCUT2D eigenvalue weighted by atomic mass is 9.96. The molecule has 2 N–H and O–H groups in total. The largest absolute Gasteiger partial charge is 0.364 e. The van der Waals surface area contributed by atoms with Crippen LogP contribution < -0.4 is 10.6 Å². The number of nitrogens with zero attached hydrogens (tertiary/aromatic N) is 6. The minimum Gasteiger partial charge on any atom is -0.364 e. The Morgan fingerprint density at radius 2 is 1.89 bits per heavy atom. The molecule has 3 aromatic rings. The number of hydrogen-bond acceptors (Lipinski definition) is 6. The number of halogens is 3. The Kier molecular flexibility index (Phi) is 8.29. The van der Waals surface area contributed by atoms with E-state index in [-0.39, 0.29) is 24.1 Å². The van der Waals surface area contributed by atoms with Crippen LogP contribution in [0.4, 0.5) is 5.82 Å². The van der Waals surface area contributed by atoms with Crippen molar-refractivity contribution in [2.75, 3.05) is 24.5 Å². The van der Waals surface area contributed by atoms with Crippen LogP contribution in [0.25, 0.3) is 11.2 Å². The molecule has 2 aliphatic rings. The number of anilines is 1. The molecule has 0 bridgehead atoms. The Morgan fingerprint density at radius 1 is 1.14 bits per heavy atom. The topological polar surface area (TPSA) is 93.2 Å². The maximum absolute atomic E-state index is 12.1. The third kappa shape index (κ3) is 5.14. The summed E-state index contributed by atoms with van der Waals surface area (Å²) in [6.07, 6.45) is 7.87. The molecule has 11 heteroatoms. The minimum absolute atomic E-state index is 0. The van der Waals surface area contributed by atoms with E-state index in [0.717, 1.165) is 37.3 Å². The van der Waals surface area contributed by atoms with E-state index in [0.29, 0.717) is 33.3 Å². The molecule has 5 rings (SSSR count). The lowest BCUT2D eigenvalue weighted by Gasteiger charge is -2.43. The molecule has 0 saturated carbocycles. The maximum atomic E-state index is 12.1. The number of benzene rings is 1. The zero-order valence-corrected chi connectivity index (χ0v) is 22.9. The molecular weight excluding hydrogens is 521 g/mol. The molecule has 194 valence electrons. The number of primary amides is 1. The number of carbonyl (C=O) groups excluding carboxylic acids is 1. The fourth-order valence-electron chi connectivity index (χ4n) is 5.55. The molecule has 2 saturated heterocycles. The van der Waals surface area contributed by atoms with Gasteiger partial charge in [-0.1, -0.05) is 35.7 Å². The van der Waals surface area contributed by atoms with Crippen molar-refractivity contribution in [2.45, 2.75) is 64.1 Å². The molecule has 4 heterocycles. The summed E-state index contributed by atoms with van der Waals surface area (Å²) in [5, 5.41) is 5.57. The first-order chi connectivity index (χ1) is 16.8. The number of amides is 1. The van der Waals surface area contributed by atoms with Crippen molar-refractivity contribution in [2.24, 2.45) is 5.73 Å². The lowest BCUT2D eigenvalue weighted by molar-refractivity contribution is 0.0896. The zero-order chi connectivity index (χ0) is 24.7. The quantitative estimate of drug-likeness (QED) is 0.473. The standard InChI is InChI=1S/C25H31Cl2N7O.ClH/c1-15-5-3-4-10-33(15)18-8-11-32(12-9-18)21-14-29-23-22(24(28)35)31-34(25(23)30-21)16(2)19-7-6-17(26)13-20(19)27;/h6-7,13-16,18H,3-5,8-12H2,1-2H3,(H2,28,35);1H. The second-order valence-corrected chi connectivity index (χ2v) is 10.5. The number of aromatic nitrogens is 4. The van der Waals surface area contributed by atoms with E-state index >= 15 is 0 Å². The van der Waals surface area contributed by atoms with E-state index in [4.69, 9.17) is 33.9 Å². The Labute approximate surface area is 227 Å². The highest BCUT2D eigenvalue weighted by Gasteiger charge is 2.30. The molecule has 1 aromatic carbocycles. The summed E-state index contributed by atoms with van der Waals surface area (Å²) in [7, 11) is 0. The van der Waals surface area contributed by atoms with E-state index in [1.165, 1.54) is 25.8 Å². The highest BCUT2D eigenvalue weighted by Crippen LogP contribution is 2.32. The van der Waals surface area contributed by atoms with Crippen LogP contribution >= 0.6 is 35.6 Å². The van der Waals surface area contributed by atoms with Crippen LogP contribution in [-0.4, -0.2) is 62.3 Å². The normalized spacial score (nSPS) is 20.3. The number of nitrogens with two attached hydrogens (primary N) is 1. The smallest absolute Gasteiger partial charge is 0.271 e. The third-order valence-corrected chi connectivity index (χ3v) is 8.08. The molecular formula is C25H32Cl3N7O. The van der Waals surface area contributed by atoms with Crippen LogP contribution in [0, 0.1) is 0 Å². The van der Waals surface area contributed by atoms with E-state index in [1.807, 2.05) is 13.0 Å². The fourth-order valence-corrected chi connectivity index (χ4v) is 6.12. The molecule has 36 heavy (non-hydrogen) atoms. The van der Waals surface area contributed by atoms with E-state index < -0.39 is 5.91 Å². The first kappa shape index (κ1) is 26.9. The molecule has 2 aromatic heterocycles. The van der Waals surface area contributed by atoms with Crippen molar-refractivity contribution >= 4 is 58.5 Å². The summed E-state index contributed by atoms with van der Waals surface area (Å²) in [5.41, 5.74) is 7.46. The molecule has 2 aliphatic heterocycles. The van der Waals surface area contributed by atoms with Gasteiger partial charge in [-0.2, -0.15) is 5.10 Å². The van der Waals surface area contributed by atoms with Crippen LogP contribution in [0.5, 0.6) is 0 Å². The average molecular weight is 553 g/mol. The second kappa shape index (κ2) is 11.1. The zero-order valence-electron chi connectivity index (χ0n) is 20.5. The van der Waals surface area contributed by atoms with E-state index in [9.17, 15) is 4.79 Å². The van der Waals surface area contributed by atoms with Gasteiger partial charge in [0, 0.05) is 35.2 Å². The third-order valence-electron chi connectivity index (χ3n) is 7.52. The Bertz CT molecular complexity index is 1240. The second-order valence-electron chi connectivity index (χ2n) is 9.70. The monoisotopic (exact) mass is 551 g/mol. The highest BCUT2D eigenvalue weighted by atomic mass is 35.5. The first-order valence-corrected chi connectivity index (χ1v) is 13.1. The van der Waals surface area contributed by atoms with Gasteiger partial charge in [0.1, 0.15) is 11.3 Å². The van der Waals surface area contributed by atoms with Gasteiger partial charge in [-0.25, -0.2) is 14.6 Å². The van der Waals surface area contributed by atoms with Gasteiger partial charge in [0.15, 0.2) is 11.3 Å². The molecule has 1 amide bonds. The Morgan fingerprint density at radius 3 is 2.56 bits per heavy atom. The van der Waals surface area contributed by atoms with Gasteiger partial charge in [-0.3, -0.25) is 9.69 Å². The Hall–Kier alpha value is -2.13. The van der Waals surface area contributed by atoms with Gasteiger partial charge >= 0.3 is 0 Å². The van der Waals surface area contributed by atoms with Gasteiger partial charge < -0.3 is 10.6 Å². The van der Waals surface area contributed by atoms with Gasteiger partial charge in [-0.05, 0) is 63.8 Å². The van der Waals surface area contributed by atoms with Crippen molar-refractivity contribution in [3.05, 3.63) is 45.7 Å². The van der Waals surface area contributed by atoms with Crippen molar-refractivity contribution in [3.63, 3.8) is 0 Å². The molecule has 0 radical (unpaired) electrons. The lowest BCUT2D eigenvalue weighted by Crippen LogP contribution is -2.50. The summed E-state index contributed by atoms with van der Waals surface area (Å²) >= 11 is 12.6. The van der Waals surface area contributed by atoms with Crippen LogP contribution in [0.1, 0.15) is 68.0 Å². The molecule has 0 spiro atoms. The van der Waals surface area contributed by atoms with Crippen molar-refractivity contribution < 1.29 is 4.79 Å². The molecule has 2 atom stereocenters. The molecule has 2 unspecified atom stereocenters. The van der Waals surface area contributed by atoms with E-state index in [2.05, 4.69) is 26.8 Å². The van der Waals surface area contributed by atoms with Gasteiger partial charge in [0.2, 0.25) is 0 Å². The molecule has 2 fully saturated rings. The summed E-state index contributed by atoms with van der Waals surface area (Å²) in [6.45, 7) is 7.35. The number of carbonyl (C=O) groups is 1.